The van der Waals surface area contributed by atoms with Gasteiger partial charge in [-0.2, -0.15) is 0 Å². The van der Waals surface area contributed by atoms with E-state index in [9.17, 15) is 18.0 Å². The van der Waals surface area contributed by atoms with E-state index in [2.05, 4.69) is 9.97 Å². The number of carbonyl (C=O) groups excluding carboxylic acids is 2. The zero-order chi connectivity index (χ0) is 21.6. The Bertz CT molecular complexity index is 1270. The Morgan fingerprint density at radius 2 is 2.00 bits per heavy atom. The van der Waals surface area contributed by atoms with Gasteiger partial charge in [-0.25, -0.2) is 22.5 Å². The maximum absolute atomic E-state index is 12.7. The van der Waals surface area contributed by atoms with E-state index in [4.69, 9.17) is 4.74 Å². The van der Waals surface area contributed by atoms with Gasteiger partial charge < -0.3 is 9.72 Å². The maximum Gasteiger partial charge on any atom is 0.340 e. The van der Waals surface area contributed by atoms with Gasteiger partial charge in [0.15, 0.2) is 0 Å². The van der Waals surface area contributed by atoms with Gasteiger partial charge >= 0.3 is 5.97 Å². The minimum Gasteiger partial charge on any atom is -0.462 e. The number of benzene rings is 1. The summed E-state index contributed by atoms with van der Waals surface area (Å²) in [6, 6.07) is 6.16. The van der Waals surface area contributed by atoms with Crippen LogP contribution in [0, 0.1) is 13.8 Å². The summed E-state index contributed by atoms with van der Waals surface area (Å²) in [7, 11) is -3.90. The van der Waals surface area contributed by atoms with Crippen molar-refractivity contribution in [3.63, 3.8) is 0 Å². The number of H-pyrrole nitrogens is 1. The Hall–Kier alpha value is -2.98. The normalized spacial score (nSPS) is 14.8. The molecule has 3 aromatic rings. The van der Waals surface area contributed by atoms with E-state index < -0.39 is 21.9 Å². The Balaban J connectivity index is 1.63. The van der Waals surface area contributed by atoms with Gasteiger partial charge in [0.1, 0.15) is 9.90 Å². The van der Waals surface area contributed by atoms with Gasteiger partial charge in [0, 0.05) is 11.1 Å². The van der Waals surface area contributed by atoms with Gasteiger partial charge in [-0.15, -0.1) is 11.3 Å². The van der Waals surface area contributed by atoms with E-state index in [1.165, 1.54) is 23.5 Å². The molecule has 0 saturated carbocycles. The van der Waals surface area contributed by atoms with Gasteiger partial charge in [-0.05, 0) is 38.5 Å². The molecule has 1 aromatic carbocycles. The zero-order valence-electron chi connectivity index (χ0n) is 16.6. The molecule has 30 heavy (non-hydrogen) atoms. The van der Waals surface area contributed by atoms with E-state index in [1.807, 2.05) is 0 Å². The second-order valence-corrected chi connectivity index (χ2v) is 9.56. The standard InChI is InChI=1S/C20H19N3O5S2/c1-4-28-20(25)17-11(2)18(21-12(17)3)14-10-29-16(22-14)9-23-19(24)13-7-5-6-8-15(13)30(23,26)27/h5-8,10,21H,4,9H2,1-3H3. The summed E-state index contributed by atoms with van der Waals surface area (Å²) < 4.78 is 31.4. The number of rotatable bonds is 5. The van der Waals surface area contributed by atoms with Crippen molar-refractivity contribution < 1.29 is 22.7 Å². The van der Waals surface area contributed by atoms with Crippen LogP contribution in [0.25, 0.3) is 11.4 Å². The number of aryl methyl sites for hydroxylation is 1. The van der Waals surface area contributed by atoms with Crippen LogP contribution in [0.15, 0.2) is 34.5 Å². The quantitative estimate of drug-likeness (QED) is 0.604. The number of nitrogens with one attached hydrogen (secondary N) is 1. The molecule has 1 aliphatic rings. The first-order valence-electron chi connectivity index (χ1n) is 9.22. The van der Waals surface area contributed by atoms with Crippen LogP contribution < -0.4 is 0 Å². The highest BCUT2D eigenvalue weighted by molar-refractivity contribution is 7.90. The highest BCUT2D eigenvalue weighted by Gasteiger charge is 2.41. The van der Waals surface area contributed by atoms with E-state index in [1.54, 1.807) is 38.3 Å². The van der Waals surface area contributed by atoms with Gasteiger partial charge in [-0.3, -0.25) is 4.79 Å². The monoisotopic (exact) mass is 445 g/mol. The summed E-state index contributed by atoms with van der Waals surface area (Å²) in [5.74, 6) is -0.962. The molecule has 0 unspecified atom stereocenters. The lowest BCUT2D eigenvalue weighted by atomic mass is 10.1. The topological polar surface area (TPSA) is 109 Å². The second-order valence-electron chi connectivity index (χ2n) is 6.78. The lowest BCUT2D eigenvalue weighted by Crippen LogP contribution is -2.29. The number of amides is 1. The van der Waals surface area contributed by atoms with Crippen LogP contribution in [0.3, 0.4) is 0 Å². The van der Waals surface area contributed by atoms with Gasteiger partial charge in [0.25, 0.3) is 15.9 Å². The molecule has 0 saturated heterocycles. The van der Waals surface area contributed by atoms with Crippen LogP contribution in [-0.4, -0.2) is 41.2 Å². The van der Waals surface area contributed by atoms with Gasteiger partial charge in [0.05, 0.1) is 35.7 Å². The predicted octanol–water partition coefficient (Wildman–Crippen LogP) is 3.28. The fourth-order valence-corrected chi connectivity index (χ4v) is 5.91. The number of aromatic amines is 1. The van der Waals surface area contributed by atoms with Crippen molar-refractivity contribution in [3.8, 4) is 11.4 Å². The molecule has 0 spiro atoms. The van der Waals surface area contributed by atoms with Crippen molar-refractivity contribution >= 4 is 33.2 Å². The van der Waals surface area contributed by atoms with Gasteiger partial charge in [0.2, 0.25) is 0 Å². The number of ether oxygens (including phenoxy) is 1. The third kappa shape index (κ3) is 3.12. The lowest BCUT2D eigenvalue weighted by molar-refractivity contribution is 0.0524. The fraction of sp³-hybridized carbons (Fsp3) is 0.250. The average Bonchev–Trinajstić information content (AvgIpc) is 3.33. The number of thiazole rings is 1. The van der Waals surface area contributed by atoms with Crippen LogP contribution in [0.4, 0.5) is 0 Å². The molecule has 8 nitrogen and oxygen atoms in total. The molecular formula is C20H19N3O5S2. The van der Waals surface area contributed by atoms with E-state index >= 15 is 0 Å². The molecule has 2 aromatic heterocycles. The van der Waals surface area contributed by atoms with E-state index in [-0.39, 0.29) is 23.6 Å². The number of nitrogens with zero attached hydrogens (tertiary/aromatic N) is 2. The Morgan fingerprint density at radius 1 is 1.27 bits per heavy atom. The summed E-state index contributed by atoms with van der Waals surface area (Å²) in [4.78, 5) is 32.5. The third-order valence-electron chi connectivity index (χ3n) is 4.92. The molecule has 0 fully saturated rings. The number of aromatic nitrogens is 2. The van der Waals surface area contributed by atoms with Crippen molar-refractivity contribution in [2.24, 2.45) is 0 Å². The Kier molecular flexibility index (Phi) is 4.99. The van der Waals surface area contributed by atoms with Crippen LogP contribution in [-0.2, 0) is 21.3 Å². The summed E-state index contributed by atoms with van der Waals surface area (Å²) >= 11 is 1.25. The van der Waals surface area contributed by atoms with Crippen molar-refractivity contribution in [2.45, 2.75) is 32.2 Å². The van der Waals surface area contributed by atoms with Crippen molar-refractivity contribution in [2.75, 3.05) is 6.61 Å². The van der Waals surface area contributed by atoms with Gasteiger partial charge in [-0.1, -0.05) is 12.1 Å². The summed E-state index contributed by atoms with van der Waals surface area (Å²) in [6.45, 7) is 5.45. The van der Waals surface area contributed by atoms with Crippen molar-refractivity contribution in [1.29, 1.82) is 0 Å². The summed E-state index contributed by atoms with van der Waals surface area (Å²) in [5.41, 5.74) is 3.26. The van der Waals surface area contributed by atoms with Crippen molar-refractivity contribution in [3.05, 3.63) is 57.0 Å². The minimum atomic E-state index is -3.90. The first-order chi connectivity index (χ1) is 14.3. The number of hydrogen-bond acceptors (Lipinski definition) is 7. The first kappa shape index (κ1) is 20.3. The molecule has 0 bridgehead atoms. The third-order valence-corrected chi connectivity index (χ3v) is 7.54. The lowest BCUT2D eigenvalue weighted by Gasteiger charge is -2.12. The van der Waals surface area contributed by atoms with Crippen LogP contribution in [0.2, 0.25) is 0 Å². The minimum absolute atomic E-state index is 0.0155. The molecule has 156 valence electrons. The molecule has 1 amide bonds. The SMILES string of the molecule is CCOC(=O)c1c(C)[nH]c(-c2csc(CN3C(=O)c4ccccc4S3(=O)=O)n2)c1C. The fourth-order valence-electron chi connectivity index (χ4n) is 3.52. The predicted molar refractivity (Wildman–Crippen MR) is 111 cm³/mol. The largest absolute Gasteiger partial charge is 0.462 e. The van der Waals surface area contributed by atoms with Crippen LogP contribution in [0.5, 0.6) is 0 Å². The number of fused-ring (bicyclic) bond motifs is 1. The smallest absolute Gasteiger partial charge is 0.340 e. The van der Waals surface area contributed by atoms with E-state index in [0.717, 1.165) is 4.31 Å². The first-order valence-corrected chi connectivity index (χ1v) is 11.5. The molecule has 4 rings (SSSR count). The molecule has 3 heterocycles. The molecule has 0 atom stereocenters. The highest BCUT2D eigenvalue weighted by atomic mass is 32.2. The molecular weight excluding hydrogens is 426 g/mol. The molecule has 10 heteroatoms. The van der Waals surface area contributed by atoms with E-state index in [0.29, 0.717) is 33.2 Å². The maximum atomic E-state index is 12.7. The van der Waals surface area contributed by atoms with Crippen LogP contribution in [0.1, 0.15) is 43.9 Å². The Morgan fingerprint density at radius 3 is 2.70 bits per heavy atom. The zero-order valence-corrected chi connectivity index (χ0v) is 18.2. The molecule has 1 N–H and O–H groups in total. The Labute approximate surface area is 177 Å². The summed E-state index contributed by atoms with van der Waals surface area (Å²) in [5, 5.41) is 2.24. The number of carbonyl (C=O) groups is 2. The number of sulfonamides is 1. The van der Waals surface area contributed by atoms with Crippen molar-refractivity contribution in [1.82, 2.24) is 14.3 Å². The molecule has 0 aliphatic carbocycles. The number of esters is 1. The second kappa shape index (κ2) is 7.37. The molecule has 1 aliphatic heterocycles. The highest BCUT2D eigenvalue weighted by Crippen LogP contribution is 2.33. The summed E-state index contributed by atoms with van der Waals surface area (Å²) in [6.07, 6.45) is 0. The number of hydrogen-bond donors (Lipinski definition) is 1. The average molecular weight is 446 g/mol. The molecule has 0 radical (unpaired) electrons. The van der Waals surface area contributed by atoms with Crippen LogP contribution >= 0.6 is 11.3 Å².